The summed E-state index contributed by atoms with van der Waals surface area (Å²) in [5.41, 5.74) is 0. The largest absolute Gasteiger partial charge is 0.355 e. The molecule has 20 heavy (non-hydrogen) atoms. The first-order valence-electron chi connectivity index (χ1n) is 8.44. The Bertz CT molecular complexity index is 264. The quantitative estimate of drug-likeness (QED) is 0.604. The van der Waals surface area contributed by atoms with Gasteiger partial charge in [0.2, 0.25) is 5.91 Å². The molecule has 2 unspecified atom stereocenters. The molecule has 1 aliphatic heterocycles. The summed E-state index contributed by atoms with van der Waals surface area (Å²) in [4.78, 5) is 14.6. The number of amides is 1. The maximum absolute atomic E-state index is 12.2. The SMILES string of the molecule is CCCCNC(=O)C(C)N(CCCC)CC1CCCN1. The number of unbranched alkanes of at least 4 members (excludes halogenated alkanes) is 2. The molecule has 0 aromatic rings. The van der Waals surface area contributed by atoms with Gasteiger partial charge in [-0.15, -0.1) is 0 Å². The third kappa shape index (κ3) is 6.23. The van der Waals surface area contributed by atoms with E-state index < -0.39 is 0 Å². The van der Waals surface area contributed by atoms with Crippen LogP contribution in [0.4, 0.5) is 0 Å². The molecule has 0 radical (unpaired) electrons. The molecule has 1 rings (SSSR count). The topological polar surface area (TPSA) is 44.4 Å². The molecule has 1 amide bonds. The fraction of sp³-hybridized carbons (Fsp3) is 0.938. The second-order valence-electron chi connectivity index (χ2n) is 5.96. The highest BCUT2D eigenvalue weighted by molar-refractivity contribution is 5.81. The number of carbonyl (C=O) groups is 1. The molecule has 1 heterocycles. The van der Waals surface area contributed by atoms with E-state index in [4.69, 9.17) is 0 Å². The van der Waals surface area contributed by atoms with Crippen LogP contribution in [0.1, 0.15) is 59.3 Å². The number of hydrogen-bond acceptors (Lipinski definition) is 3. The molecule has 0 saturated carbocycles. The van der Waals surface area contributed by atoms with Gasteiger partial charge in [-0.3, -0.25) is 9.69 Å². The average Bonchev–Trinajstić information content (AvgIpc) is 2.95. The van der Waals surface area contributed by atoms with Crippen molar-refractivity contribution in [3.8, 4) is 0 Å². The van der Waals surface area contributed by atoms with E-state index in [1.54, 1.807) is 0 Å². The van der Waals surface area contributed by atoms with Crippen LogP contribution < -0.4 is 10.6 Å². The average molecular weight is 283 g/mol. The number of nitrogens with one attached hydrogen (secondary N) is 2. The van der Waals surface area contributed by atoms with Gasteiger partial charge in [-0.1, -0.05) is 26.7 Å². The standard InChI is InChI=1S/C16H33N3O/c1-4-6-10-18-16(20)14(3)19(12-7-5-2)13-15-9-8-11-17-15/h14-15,17H,4-13H2,1-3H3,(H,18,20). The predicted octanol–water partition coefficient (Wildman–Crippen LogP) is 2.15. The van der Waals surface area contributed by atoms with Crippen LogP contribution in [0.2, 0.25) is 0 Å². The molecule has 2 N–H and O–H groups in total. The predicted molar refractivity (Wildman–Crippen MR) is 84.9 cm³/mol. The van der Waals surface area contributed by atoms with Crippen LogP contribution in [-0.2, 0) is 4.79 Å². The summed E-state index contributed by atoms with van der Waals surface area (Å²) in [6.07, 6.45) is 7.05. The summed E-state index contributed by atoms with van der Waals surface area (Å²) in [6.45, 7) is 10.4. The normalized spacial score (nSPS) is 20.3. The van der Waals surface area contributed by atoms with E-state index >= 15 is 0 Å². The van der Waals surface area contributed by atoms with Gasteiger partial charge in [-0.2, -0.15) is 0 Å². The lowest BCUT2D eigenvalue weighted by molar-refractivity contribution is -0.126. The Balaban J connectivity index is 2.44. The molecule has 0 spiro atoms. The van der Waals surface area contributed by atoms with Gasteiger partial charge in [0.15, 0.2) is 0 Å². The summed E-state index contributed by atoms with van der Waals surface area (Å²) in [5, 5.41) is 6.60. The fourth-order valence-corrected chi connectivity index (χ4v) is 2.70. The summed E-state index contributed by atoms with van der Waals surface area (Å²) in [7, 11) is 0. The van der Waals surface area contributed by atoms with Gasteiger partial charge in [0.05, 0.1) is 6.04 Å². The Morgan fingerprint density at radius 2 is 2.10 bits per heavy atom. The molecule has 1 fully saturated rings. The maximum Gasteiger partial charge on any atom is 0.237 e. The highest BCUT2D eigenvalue weighted by Crippen LogP contribution is 2.11. The maximum atomic E-state index is 12.2. The van der Waals surface area contributed by atoms with E-state index in [0.717, 1.165) is 39.0 Å². The second kappa shape index (κ2) is 10.2. The van der Waals surface area contributed by atoms with E-state index in [2.05, 4.69) is 29.4 Å². The van der Waals surface area contributed by atoms with Gasteiger partial charge in [0, 0.05) is 19.1 Å². The molecule has 0 aromatic carbocycles. The third-order valence-electron chi connectivity index (χ3n) is 4.17. The molecule has 4 heteroatoms. The summed E-state index contributed by atoms with van der Waals surface area (Å²) >= 11 is 0. The van der Waals surface area contributed by atoms with Crippen LogP contribution in [0.25, 0.3) is 0 Å². The molecular formula is C16H33N3O. The minimum absolute atomic E-state index is 0.0131. The summed E-state index contributed by atoms with van der Waals surface area (Å²) in [5.74, 6) is 0.188. The lowest BCUT2D eigenvalue weighted by Gasteiger charge is -2.30. The smallest absolute Gasteiger partial charge is 0.237 e. The lowest BCUT2D eigenvalue weighted by atomic mass is 10.1. The number of nitrogens with zero attached hydrogens (tertiary/aromatic N) is 1. The van der Waals surface area contributed by atoms with Crippen LogP contribution in [0.15, 0.2) is 0 Å². The molecule has 0 bridgehead atoms. The monoisotopic (exact) mass is 283 g/mol. The van der Waals surface area contributed by atoms with E-state index in [9.17, 15) is 4.79 Å². The van der Waals surface area contributed by atoms with Gasteiger partial charge in [-0.25, -0.2) is 0 Å². The van der Waals surface area contributed by atoms with Crippen LogP contribution in [0.3, 0.4) is 0 Å². The van der Waals surface area contributed by atoms with Crippen molar-refractivity contribution in [1.29, 1.82) is 0 Å². The molecule has 4 nitrogen and oxygen atoms in total. The molecular weight excluding hydrogens is 250 g/mol. The van der Waals surface area contributed by atoms with Crippen molar-refractivity contribution >= 4 is 5.91 Å². The molecule has 2 atom stereocenters. The minimum atomic E-state index is -0.0131. The highest BCUT2D eigenvalue weighted by Gasteiger charge is 2.24. The van der Waals surface area contributed by atoms with Crippen LogP contribution in [0, 0.1) is 0 Å². The van der Waals surface area contributed by atoms with Crippen molar-refractivity contribution < 1.29 is 4.79 Å². The Morgan fingerprint density at radius 1 is 1.35 bits per heavy atom. The molecule has 118 valence electrons. The van der Waals surface area contributed by atoms with Gasteiger partial charge in [0.1, 0.15) is 0 Å². The Hall–Kier alpha value is -0.610. The van der Waals surface area contributed by atoms with E-state index in [1.165, 1.54) is 25.7 Å². The molecule has 1 saturated heterocycles. The fourth-order valence-electron chi connectivity index (χ4n) is 2.70. The highest BCUT2D eigenvalue weighted by atomic mass is 16.2. The first-order valence-corrected chi connectivity index (χ1v) is 8.44. The Kier molecular flexibility index (Phi) is 8.86. The number of hydrogen-bond donors (Lipinski definition) is 2. The van der Waals surface area contributed by atoms with Crippen molar-refractivity contribution in [2.24, 2.45) is 0 Å². The first-order chi connectivity index (χ1) is 9.69. The van der Waals surface area contributed by atoms with Gasteiger partial charge in [-0.05, 0) is 45.7 Å². The van der Waals surface area contributed by atoms with Crippen LogP contribution in [-0.4, -0.2) is 49.1 Å². The summed E-state index contributed by atoms with van der Waals surface area (Å²) in [6, 6.07) is 0.554. The van der Waals surface area contributed by atoms with Crippen molar-refractivity contribution in [2.75, 3.05) is 26.2 Å². The lowest BCUT2D eigenvalue weighted by Crippen LogP contribution is -2.49. The third-order valence-corrected chi connectivity index (χ3v) is 4.17. The van der Waals surface area contributed by atoms with Gasteiger partial charge in [0.25, 0.3) is 0 Å². The number of carbonyl (C=O) groups excluding carboxylic acids is 1. The van der Waals surface area contributed by atoms with E-state index in [0.29, 0.717) is 6.04 Å². The van der Waals surface area contributed by atoms with Gasteiger partial charge >= 0.3 is 0 Å². The van der Waals surface area contributed by atoms with Crippen LogP contribution >= 0.6 is 0 Å². The van der Waals surface area contributed by atoms with E-state index in [1.807, 2.05) is 6.92 Å². The first kappa shape index (κ1) is 17.4. The van der Waals surface area contributed by atoms with Crippen molar-refractivity contribution in [3.63, 3.8) is 0 Å². The summed E-state index contributed by atoms with van der Waals surface area (Å²) < 4.78 is 0. The zero-order valence-electron chi connectivity index (χ0n) is 13.6. The zero-order chi connectivity index (χ0) is 14.8. The van der Waals surface area contributed by atoms with Crippen molar-refractivity contribution in [1.82, 2.24) is 15.5 Å². The number of rotatable bonds is 10. The minimum Gasteiger partial charge on any atom is -0.355 e. The Morgan fingerprint density at radius 3 is 2.70 bits per heavy atom. The van der Waals surface area contributed by atoms with Crippen LogP contribution in [0.5, 0.6) is 0 Å². The zero-order valence-corrected chi connectivity index (χ0v) is 13.6. The molecule has 0 aliphatic carbocycles. The van der Waals surface area contributed by atoms with Gasteiger partial charge < -0.3 is 10.6 Å². The van der Waals surface area contributed by atoms with Crippen molar-refractivity contribution in [2.45, 2.75) is 71.4 Å². The Labute approximate surface area is 124 Å². The second-order valence-corrected chi connectivity index (χ2v) is 5.96. The van der Waals surface area contributed by atoms with Crippen molar-refractivity contribution in [3.05, 3.63) is 0 Å². The molecule has 1 aliphatic rings. The molecule has 0 aromatic heterocycles. The van der Waals surface area contributed by atoms with E-state index in [-0.39, 0.29) is 11.9 Å².